The van der Waals surface area contributed by atoms with Gasteiger partial charge in [-0.25, -0.2) is 4.39 Å². The first-order valence-corrected chi connectivity index (χ1v) is 9.03. The number of anilines is 1. The highest BCUT2D eigenvalue weighted by molar-refractivity contribution is 8.00. The largest absolute Gasteiger partial charge is 0.497 e. The molecular weight excluding hydrogens is 355 g/mol. The highest BCUT2D eigenvalue weighted by Gasteiger charge is 2.30. The zero-order chi connectivity index (χ0) is 18.7. The molecule has 5 nitrogen and oxygen atoms in total. The predicted molar refractivity (Wildman–Crippen MR) is 99.2 cm³/mol. The molecule has 0 spiro atoms. The molecule has 2 aromatic carbocycles. The highest BCUT2D eigenvalue weighted by atomic mass is 32.2. The summed E-state index contributed by atoms with van der Waals surface area (Å²) in [6.45, 7) is 0.724. The van der Waals surface area contributed by atoms with Crippen LogP contribution in [0.4, 0.5) is 10.1 Å². The Labute approximate surface area is 155 Å². The molecule has 1 aliphatic rings. The van der Waals surface area contributed by atoms with Gasteiger partial charge in [0.05, 0.1) is 23.6 Å². The molecule has 3 rings (SSSR count). The van der Waals surface area contributed by atoms with Crippen molar-refractivity contribution in [3.63, 3.8) is 0 Å². The number of halogens is 1. The molecular formula is C19H19FN2O3S. The molecule has 26 heavy (non-hydrogen) atoms. The zero-order valence-electron chi connectivity index (χ0n) is 14.5. The first-order valence-electron chi connectivity index (χ1n) is 8.15. The second-order valence-corrected chi connectivity index (χ2v) is 7.20. The van der Waals surface area contributed by atoms with Gasteiger partial charge in [0.2, 0.25) is 5.91 Å². The summed E-state index contributed by atoms with van der Waals surface area (Å²) in [4.78, 5) is 27.1. The van der Waals surface area contributed by atoms with Crippen LogP contribution in [0.2, 0.25) is 0 Å². The molecule has 0 aromatic heterocycles. The lowest BCUT2D eigenvalue weighted by atomic mass is 10.2. The number of hydrogen-bond donors (Lipinski definition) is 1. The Hall–Kier alpha value is -2.54. The fourth-order valence-electron chi connectivity index (χ4n) is 2.72. The van der Waals surface area contributed by atoms with Gasteiger partial charge in [0.15, 0.2) is 0 Å². The van der Waals surface area contributed by atoms with Crippen LogP contribution in [0.15, 0.2) is 47.4 Å². The van der Waals surface area contributed by atoms with Crippen LogP contribution in [0.1, 0.15) is 16.8 Å². The molecule has 7 heteroatoms. The van der Waals surface area contributed by atoms with E-state index in [1.807, 2.05) is 12.1 Å². The van der Waals surface area contributed by atoms with E-state index in [9.17, 15) is 14.0 Å². The summed E-state index contributed by atoms with van der Waals surface area (Å²) in [6.07, 6.45) is 0.759. The summed E-state index contributed by atoms with van der Waals surface area (Å²) in [5, 5.41) is 2.57. The lowest BCUT2D eigenvalue weighted by Crippen LogP contribution is -2.23. The van der Waals surface area contributed by atoms with Crippen LogP contribution in [0.3, 0.4) is 0 Å². The Morgan fingerprint density at radius 1 is 1.31 bits per heavy atom. The number of carbonyl (C=O) groups excluding carboxylic acids is 2. The molecule has 136 valence electrons. The molecule has 2 amide bonds. The Morgan fingerprint density at radius 2 is 2.08 bits per heavy atom. The van der Waals surface area contributed by atoms with Gasteiger partial charge in [-0.2, -0.15) is 0 Å². The number of benzene rings is 2. The molecule has 1 aliphatic heterocycles. The van der Waals surface area contributed by atoms with Gasteiger partial charge in [-0.15, -0.1) is 11.8 Å². The van der Waals surface area contributed by atoms with Gasteiger partial charge >= 0.3 is 0 Å². The van der Waals surface area contributed by atoms with Gasteiger partial charge in [-0.1, -0.05) is 12.1 Å². The second kappa shape index (κ2) is 7.78. The third-order valence-electron chi connectivity index (χ3n) is 4.20. The Kier molecular flexibility index (Phi) is 5.46. The Morgan fingerprint density at radius 3 is 2.73 bits per heavy atom. The van der Waals surface area contributed by atoms with Crippen LogP contribution in [0.25, 0.3) is 0 Å². The summed E-state index contributed by atoms with van der Waals surface area (Å²) in [7, 11) is 3.22. The summed E-state index contributed by atoms with van der Waals surface area (Å²) in [5.74, 6) is -0.774. The Bertz CT molecular complexity index is 843. The van der Waals surface area contributed by atoms with E-state index in [4.69, 9.17) is 4.74 Å². The van der Waals surface area contributed by atoms with Crippen molar-refractivity contribution in [3.05, 3.63) is 53.8 Å². The first kappa shape index (κ1) is 18.3. The van der Waals surface area contributed by atoms with Crippen molar-refractivity contribution in [1.29, 1.82) is 0 Å². The quantitative estimate of drug-likeness (QED) is 0.871. The van der Waals surface area contributed by atoms with Crippen LogP contribution in [0, 0.1) is 5.82 Å². The van der Waals surface area contributed by atoms with E-state index in [1.54, 1.807) is 24.1 Å². The molecule has 0 unspecified atom stereocenters. The first-order chi connectivity index (χ1) is 12.5. The molecule has 1 N–H and O–H groups in total. The zero-order valence-corrected chi connectivity index (χ0v) is 15.3. The van der Waals surface area contributed by atoms with Gasteiger partial charge in [-0.05, 0) is 30.7 Å². The standard InChI is InChI=1S/C19H19FN2O3S/c1-22-10-9-17(19(22)24)26-16-6-4-3-5-15(16)21-18(23)13-8-7-12(25-2)11-14(13)20/h3-8,11,17H,9-10H2,1-2H3,(H,21,23)/t17-/m1/s1. The smallest absolute Gasteiger partial charge is 0.258 e. The average Bonchev–Trinajstić information content (AvgIpc) is 2.95. The van der Waals surface area contributed by atoms with Crippen molar-refractivity contribution < 1.29 is 18.7 Å². The number of hydrogen-bond acceptors (Lipinski definition) is 4. The van der Waals surface area contributed by atoms with E-state index in [0.29, 0.717) is 11.4 Å². The second-order valence-electron chi connectivity index (χ2n) is 5.95. The number of nitrogens with one attached hydrogen (secondary N) is 1. The molecule has 0 aliphatic carbocycles. The van der Waals surface area contributed by atoms with E-state index >= 15 is 0 Å². The summed E-state index contributed by atoms with van der Waals surface area (Å²) in [5.41, 5.74) is 0.488. The summed E-state index contributed by atoms with van der Waals surface area (Å²) in [6, 6.07) is 11.3. The predicted octanol–water partition coefficient (Wildman–Crippen LogP) is 3.41. The lowest BCUT2D eigenvalue weighted by molar-refractivity contribution is -0.126. The van der Waals surface area contributed by atoms with Crippen molar-refractivity contribution in [2.24, 2.45) is 0 Å². The van der Waals surface area contributed by atoms with E-state index < -0.39 is 11.7 Å². The van der Waals surface area contributed by atoms with Crippen molar-refractivity contribution >= 4 is 29.3 Å². The molecule has 2 aromatic rings. The summed E-state index contributed by atoms with van der Waals surface area (Å²) < 4.78 is 19.1. The monoisotopic (exact) mass is 374 g/mol. The van der Waals surface area contributed by atoms with Crippen LogP contribution in [-0.4, -0.2) is 42.7 Å². The van der Waals surface area contributed by atoms with Crippen molar-refractivity contribution in [3.8, 4) is 5.75 Å². The molecule has 0 radical (unpaired) electrons. The molecule has 0 bridgehead atoms. The van der Waals surface area contributed by atoms with Gasteiger partial charge < -0.3 is 15.0 Å². The minimum Gasteiger partial charge on any atom is -0.497 e. The number of thioether (sulfide) groups is 1. The van der Waals surface area contributed by atoms with Crippen molar-refractivity contribution in [1.82, 2.24) is 4.90 Å². The maximum absolute atomic E-state index is 14.1. The number of methoxy groups -OCH3 is 1. The van der Waals surface area contributed by atoms with E-state index in [2.05, 4.69) is 5.32 Å². The van der Waals surface area contributed by atoms with Crippen molar-refractivity contribution in [2.75, 3.05) is 26.0 Å². The van der Waals surface area contributed by atoms with E-state index in [-0.39, 0.29) is 16.7 Å². The number of likely N-dealkylation sites (tertiary alicyclic amines) is 1. The van der Waals surface area contributed by atoms with Crippen LogP contribution >= 0.6 is 11.8 Å². The van der Waals surface area contributed by atoms with Gasteiger partial charge in [0, 0.05) is 24.6 Å². The SMILES string of the molecule is COc1ccc(C(=O)Nc2ccccc2S[C@@H]2CCN(C)C2=O)c(F)c1. The van der Waals surface area contributed by atoms with Gasteiger partial charge in [0.25, 0.3) is 5.91 Å². The van der Waals surface area contributed by atoms with E-state index in [1.165, 1.54) is 37.1 Å². The average molecular weight is 374 g/mol. The maximum atomic E-state index is 14.1. The minimum absolute atomic E-state index is 0.0673. The lowest BCUT2D eigenvalue weighted by Gasteiger charge is -2.14. The number of nitrogens with zero attached hydrogens (tertiary/aromatic N) is 1. The number of amides is 2. The third kappa shape index (κ3) is 3.83. The number of carbonyl (C=O) groups is 2. The number of para-hydroxylation sites is 1. The molecule has 1 fully saturated rings. The fourth-order valence-corrected chi connectivity index (χ4v) is 3.94. The maximum Gasteiger partial charge on any atom is 0.258 e. The summed E-state index contributed by atoms with van der Waals surface area (Å²) >= 11 is 1.42. The number of rotatable bonds is 5. The van der Waals surface area contributed by atoms with Gasteiger partial charge in [-0.3, -0.25) is 9.59 Å². The third-order valence-corrected chi connectivity index (χ3v) is 5.54. The molecule has 1 heterocycles. The van der Waals surface area contributed by atoms with Crippen LogP contribution in [-0.2, 0) is 4.79 Å². The molecule has 1 saturated heterocycles. The number of ether oxygens (including phenoxy) is 1. The van der Waals surface area contributed by atoms with Gasteiger partial charge in [0.1, 0.15) is 11.6 Å². The molecule has 1 atom stereocenters. The molecule has 0 saturated carbocycles. The Balaban J connectivity index is 1.78. The normalized spacial score (nSPS) is 16.7. The van der Waals surface area contributed by atoms with Crippen LogP contribution < -0.4 is 10.1 Å². The minimum atomic E-state index is -0.653. The fraction of sp³-hybridized carbons (Fsp3) is 0.263. The van der Waals surface area contributed by atoms with E-state index in [0.717, 1.165) is 17.9 Å². The van der Waals surface area contributed by atoms with Crippen molar-refractivity contribution in [2.45, 2.75) is 16.6 Å². The van der Waals surface area contributed by atoms with Crippen LogP contribution in [0.5, 0.6) is 5.75 Å². The topological polar surface area (TPSA) is 58.6 Å². The highest BCUT2D eigenvalue weighted by Crippen LogP contribution is 2.35.